The molecule has 1 fully saturated rings. The Morgan fingerprint density at radius 1 is 1.03 bits per heavy atom. The number of aryl methyl sites for hydroxylation is 1. The molecule has 0 radical (unpaired) electrons. The Morgan fingerprint density at radius 3 is 2.48 bits per heavy atom. The molecule has 1 amide bonds. The second-order valence-corrected chi connectivity index (χ2v) is 8.31. The molecule has 6 nitrogen and oxygen atoms in total. The Labute approximate surface area is 183 Å². The van der Waals surface area contributed by atoms with Crippen LogP contribution in [0, 0.1) is 12.8 Å². The molecule has 0 saturated carbocycles. The molecule has 1 atom stereocenters. The van der Waals surface area contributed by atoms with E-state index in [0.717, 1.165) is 47.8 Å². The number of hydrogen-bond acceptors (Lipinski definition) is 5. The smallest absolute Gasteiger partial charge is 0.229 e. The lowest BCUT2D eigenvalue weighted by Gasteiger charge is -2.32. The fourth-order valence-electron chi connectivity index (χ4n) is 3.98. The van der Waals surface area contributed by atoms with Gasteiger partial charge in [0.05, 0.1) is 11.6 Å². The van der Waals surface area contributed by atoms with E-state index in [0.29, 0.717) is 6.54 Å². The molecule has 2 heterocycles. The predicted molar refractivity (Wildman–Crippen MR) is 127 cm³/mol. The maximum Gasteiger partial charge on any atom is 0.229 e. The monoisotopic (exact) mass is 415 g/mol. The summed E-state index contributed by atoms with van der Waals surface area (Å²) in [6.45, 7) is 3.62. The Morgan fingerprint density at radius 2 is 1.81 bits per heavy atom. The molecule has 160 valence electrons. The van der Waals surface area contributed by atoms with Crippen molar-refractivity contribution in [3.63, 3.8) is 0 Å². The first-order chi connectivity index (χ1) is 15.0. The Balaban J connectivity index is 1.41. The first-order valence-corrected chi connectivity index (χ1v) is 10.7. The maximum atomic E-state index is 12.9. The van der Waals surface area contributed by atoms with Gasteiger partial charge in [-0.1, -0.05) is 24.3 Å². The zero-order valence-corrected chi connectivity index (χ0v) is 18.4. The number of aromatic nitrogens is 2. The quantitative estimate of drug-likeness (QED) is 0.670. The predicted octanol–water partition coefficient (Wildman–Crippen LogP) is 4.37. The van der Waals surface area contributed by atoms with Crippen molar-refractivity contribution in [1.29, 1.82) is 0 Å². The molecule has 1 aliphatic heterocycles. The van der Waals surface area contributed by atoms with Gasteiger partial charge in [-0.25, -0.2) is 0 Å². The van der Waals surface area contributed by atoms with Gasteiger partial charge in [-0.3, -0.25) is 4.79 Å². The van der Waals surface area contributed by atoms with E-state index in [-0.39, 0.29) is 11.8 Å². The first kappa shape index (κ1) is 20.8. The van der Waals surface area contributed by atoms with Gasteiger partial charge in [0, 0.05) is 44.1 Å². The van der Waals surface area contributed by atoms with Gasteiger partial charge in [0.2, 0.25) is 5.91 Å². The molecule has 1 saturated heterocycles. The van der Waals surface area contributed by atoms with Crippen LogP contribution in [0.3, 0.4) is 0 Å². The fraction of sp³-hybridized carbons (Fsp3) is 0.320. The van der Waals surface area contributed by atoms with Gasteiger partial charge in [-0.15, -0.1) is 10.2 Å². The van der Waals surface area contributed by atoms with Crippen molar-refractivity contribution in [2.45, 2.75) is 19.8 Å². The summed E-state index contributed by atoms with van der Waals surface area (Å²) in [5.41, 5.74) is 5.08. The molecular weight excluding hydrogens is 386 g/mol. The third-order valence-corrected chi connectivity index (χ3v) is 5.84. The minimum atomic E-state index is -0.0693. The van der Waals surface area contributed by atoms with Gasteiger partial charge < -0.3 is 15.1 Å². The van der Waals surface area contributed by atoms with Crippen LogP contribution in [0.25, 0.3) is 11.3 Å². The second-order valence-electron chi connectivity index (χ2n) is 8.31. The number of carbonyl (C=O) groups excluding carboxylic acids is 1. The Kier molecular flexibility index (Phi) is 6.16. The molecule has 0 spiro atoms. The number of piperidine rings is 1. The summed E-state index contributed by atoms with van der Waals surface area (Å²) >= 11 is 0. The van der Waals surface area contributed by atoms with Crippen LogP contribution in [0.5, 0.6) is 0 Å². The number of anilines is 3. The molecule has 6 heteroatoms. The summed E-state index contributed by atoms with van der Waals surface area (Å²) in [6.07, 6.45) is 1.84. The molecule has 1 N–H and O–H groups in total. The molecule has 3 aromatic rings. The zero-order chi connectivity index (χ0) is 21.8. The molecule has 4 rings (SSSR count). The highest BCUT2D eigenvalue weighted by molar-refractivity contribution is 5.93. The van der Waals surface area contributed by atoms with Crippen LogP contribution in [-0.2, 0) is 4.79 Å². The number of rotatable bonds is 5. The Hall–Kier alpha value is -3.41. The van der Waals surface area contributed by atoms with Crippen LogP contribution in [0.15, 0.2) is 60.7 Å². The van der Waals surface area contributed by atoms with Crippen molar-refractivity contribution >= 4 is 23.1 Å². The van der Waals surface area contributed by atoms with Crippen molar-refractivity contribution in [1.82, 2.24) is 10.2 Å². The van der Waals surface area contributed by atoms with E-state index in [9.17, 15) is 4.79 Å². The second kappa shape index (κ2) is 9.16. The molecule has 1 aliphatic rings. The SMILES string of the molecule is Cc1ccccc1-c1ccc(N2CCC[C@H](C(=O)Nc3ccc(N(C)C)cc3)C2)nn1. The number of nitrogens with one attached hydrogen (secondary N) is 1. The fourth-order valence-corrected chi connectivity index (χ4v) is 3.98. The highest BCUT2D eigenvalue weighted by atomic mass is 16.1. The molecule has 0 aliphatic carbocycles. The lowest BCUT2D eigenvalue weighted by Crippen LogP contribution is -2.41. The van der Waals surface area contributed by atoms with Crippen molar-refractivity contribution in [2.75, 3.05) is 42.3 Å². The third kappa shape index (κ3) is 4.85. The van der Waals surface area contributed by atoms with Gasteiger partial charge >= 0.3 is 0 Å². The van der Waals surface area contributed by atoms with E-state index in [2.05, 4.69) is 39.5 Å². The topological polar surface area (TPSA) is 61.4 Å². The molecule has 31 heavy (non-hydrogen) atoms. The van der Waals surface area contributed by atoms with E-state index in [1.54, 1.807) is 0 Å². The normalized spacial score (nSPS) is 16.1. The van der Waals surface area contributed by atoms with Crippen LogP contribution < -0.4 is 15.1 Å². The molecule has 1 aromatic heterocycles. The van der Waals surface area contributed by atoms with Crippen LogP contribution in [-0.4, -0.2) is 43.3 Å². The lowest BCUT2D eigenvalue weighted by atomic mass is 9.97. The zero-order valence-electron chi connectivity index (χ0n) is 18.4. The van der Waals surface area contributed by atoms with Crippen molar-refractivity contribution in [3.05, 3.63) is 66.2 Å². The minimum Gasteiger partial charge on any atom is -0.378 e. The average Bonchev–Trinajstić information content (AvgIpc) is 2.80. The maximum absolute atomic E-state index is 12.9. The first-order valence-electron chi connectivity index (χ1n) is 10.7. The summed E-state index contributed by atoms with van der Waals surface area (Å²) in [4.78, 5) is 17.1. The van der Waals surface area contributed by atoms with Crippen molar-refractivity contribution in [2.24, 2.45) is 5.92 Å². The average molecular weight is 416 g/mol. The van der Waals surface area contributed by atoms with Gasteiger partial charge in [-0.05, 0) is 61.7 Å². The highest BCUT2D eigenvalue weighted by Crippen LogP contribution is 2.26. The Bertz CT molecular complexity index is 1030. The summed E-state index contributed by atoms with van der Waals surface area (Å²) in [5.74, 6) is 0.817. The summed E-state index contributed by atoms with van der Waals surface area (Å²) in [7, 11) is 4.00. The molecule has 0 unspecified atom stereocenters. The van der Waals surface area contributed by atoms with E-state index in [1.807, 2.05) is 67.5 Å². The van der Waals surface area contributed by atoms with Crippen LogP contribution >= 0.6 is 0 Å². The summed E-state index contributed by atoms with van der Waals surface area (Å²) < 4.78 is 0. The summed E-state index contributed by atoms with van der Waals surface area (Å²) in [5, 5.41) is 12.0. The van der Waals surface area contributed by atoms with E-state index >= 15 is 0 Å². The molecular formula is C25H29N5O. The highest BCUT2D eigenvalue weighted by Gasteiger charge is 2.27. The third-order valence-electron chi connectivity index (χ3n) is 5.84. The lowest BCUT2D eigenvalue weighted by molar-refractivity contribution is -0.120. The number of benzene rings is 2. The van der Waals surface area contributed by atoms with Crippen molar-refractivity contribution in [3.8, 4) is 11.3 Å². The standard InChI is InChI=1S/C25H29N5O/c1-18-7-4-5-9-22(18)23-14-15-24(28-27-23)30-16-6-8-19(17-30)25(31)26-20-10-12-21(13-11-20)29(2)3/h4-5,7,9-15,19H,6,8,16-17H2,1-3H3,(H,26,31)/t19-/m0/s1. The van der Waals surface area contributed by atoms with Crippen LogP contribution in [0.1, 0.15) is 18.4 Å². The van der Waals surface area contributed by atoms with Crippen molar-refractivity contribution < 1.29 is 4.79 Å². The number of carbonyl (C=O) groups is 1. The van der Waals surface area contributed by atoms with E-state index < -0.39 is 0 Å². The summed E-state index contributed by atoms with van der Waals surface area (Å²) in [6, 6.07) is 20.1. The number of nitrogens with zero attached hydrogens (tertiary/aromatic N) is 4. The van der Waals surface area contributed by atoms with Gasteiger partial charge in [0.25, 0.3) is 0 Å². The largest absolute Gasteiger partial charge is 0.378 e. The van der Waals surface area contributed by atoms with Crippen LogP contribution in [0.2, 0.25) is 0 Å². The number of amides is 1. The van der Waals surface area contributed by atoms with E-state index in [1.165, 1.54) is 5.56 Å². The van der Waals surface area contributed by atoms with Gasteiger partial charge in [0.15, 0.2) is 5.82 Å². The molecule has 0 bridgehead atoms. The van der Waals surface area contributed by atoms with E-state index in [4.69, 9.17) is 0 Å². The number of hydrogen-bond donors (Lipinski definition) is 1. The van der Waals surface area contributed by atoms with Gasteiger partial charge in [0.1, 0.15) is 0 Å². The minimum absolute atomic E-state index is 0.0618. The molecule has 2 aromatic carbocycles. The van der Waals surface area contributed by atoms with Crippen LogP contribution in [0.4, 0.5) is 17.2 Å². The van der Waals surface area contributed by atoms with Gasteiger partial charge in [-0.2, -0.15) is 0 Å².